The summed E-state index contributed by atoms with van der Waals surface area (Å²) in [6.07, 6.45) is 0.531. The van der Waals surface area contributed by atoms with Gasteiger partial charge in [-0.2, -0.15) is 5.10 Å². The largest absolute Gasteiger partial charge is 0.396 e. The van der Waals surface area contributed by atoms with E-state index in [1.165, 1.54) is 0 Å². The minimum atomic E-state index is 0.0885. The summed E-state index contributed by atoms with van der Waals surface area (Å²) in [5.41, 5.74) is 1.74. The molecular weight excluding hydrogens is 188 g/mol. The Morgan fingerprint density at radius 1 is 1.46 bits per heavy atom. The van der Waals surface area contributed by atoms with Gasteiger partial charge in [0.2, 0.25) is 0 Å². The number of benzene rings is 1. The first-order chi connectivity index (χ1) is 6.33. The van der Waals surface area contributed by atoms with Gasteiger partial charge in [-0.15, -0.1) is 0 Å². The van der Waals surface area contributed by atoms with Crippen LogP contribution in [0.4, 0.5) is 0 Å². The van der Waals surface area contributed by atoms with Crippen molar-refractivity contribution in [2.24, 2.45) is 0 Å². The smallest absolute Gasteiger partial charge is 0.0738 e. The van der Waals surface area contributed by atoms with Crippen molar-refractivity contribution in [1.82, 2.24) is 10.2 Å². The van der Waals surface area contributed by atoms with Gasteiger partial charge in [0.25, 0.3) is 0 Å². The van der Waals surface area contributed by atoms with E-state index in [1.807, 2.05) is 18.2 Å². The molecular formula is C9H9ClN2O. The molecule has 2 rings (SSSR count). The predicted molar refractivity (Wildman–Crippen MR) is 51.9 cm³/mol. The molecule has 13 heavy (non-hydrogen) atoms. The zero-order chi connectivity index (χ0) is 9.26. The number of nitrogens with one attached hydrogen (secondary N) is 1. The van der Waals surface area contributed by atoms with Gasteiger partial charge in [-0.1, -0.05) is 17.7 Å². The Kier molecular flexibility index (Phi) is 2.20. The zero-order valence-corrected chi connectivity index (χ0v) is 7.67. The van der Waals surface area contributed by atoms with Crippen molar-refractivity contribution in [3.05, 3.63) is 28.9 Å². The number of aromatic nitrogens is 2. The predicted octanol–water partition coefficient (Wildman–Crippen LogP) is 1.75. The van der Waals surface area contributed by atoms with Crippen LogP contribution in [0.25, 0.3) is 10.9 Å². The van der Waals surface area contributed by atoms with Crippen molar-refractivity contribution in [1.29, 1.82) is 0 Å². The van der Waals surface area contributed by atoms with Crippen molar-refractivity contribution in [3.63, 3.8) is 0 Å². The van der Waals surface area contributed by atoms with E-state index < -0.39 is 0 Å². The molecule has 0 bridgehead atoms. The summed E-state index contributed by atoms with van der Waals surface area (Å²) in [7, 11) is 0. The first kappa shape index (κ1) is 8.53. The van der Waals surface area contributed by atoms with Gasteiger partial charge in [0, 0.05) is 18.4 Å². The second-order valence-electron chi connectivity index (χ2n) is 2.81. The molecule has 0 saturated carbocycles. The Bertz CT molecular complexity index is 424. The van der Waals surface area contributed by atoms with Crippen LogP contribution in [0.1, 0.15) is 5.69 Å². The molecule has 1 aromatic carbocycles. The summed E-state index contributed by atoms with van der Waals surface area (Å²) < 4.78 is 0. The number of H-pyrrole nitrogens is 1. The van der Waals surface area contributed by atoms with E-state index in [0.717, 1.165) is 16.6 Å². The van der Waals surface area contributed by atoms with Gasteiger partial charge in [-0.3, -0.25) is 5.10 Å². The highest BCUT2D eigenvalue weighted by Crippen LogP contribution is 2.24. The average molecular weight is 197 g/mol. The molecule has 4 heteroatoms. The molecule has 0 amide bonds. The number of aliphatic hydroxyl groups excluding tert-OH is 1. The summed E-state index contributed by atoms with van der Waals surface area (Å²) >= 11 is 6.00. The zero-order valence-electron chi connectivity index (χ0n) is 6.92. The number of rotatable bonds is 2. The highest BCUT2D eigenvalue weighted by Gasteiger charge is 2.07. The van der Waals surface area contributed by atoms with Gasteiger partial charge in [0.1, 0.15) is 0 Å². The monoisotopic (exact) mass is 196 g/mol. The number of halogens is 1. The molecule has 0 aliphatic carbocycles. The average Bonchev–Trinajstić information content (AvgIpc) is 2.51. The van der Waals surface area contributed by atoms with Crippen LogP contribution in [0.2, 0.25) is 5.02 Å². The van der Waals surface area contributed by atoms with Crippen LogP contribution in [0.15, 0.2) is 18.2 Å². The fourth-order valence-corrected chi connectivity index (χ4v) is 1.66. The summed E-state index contributed by atoms with van der Waals surface area (Å²) in [6.45, 7) is 0.0885. The second-order valence-corrected chi connectivity index (χ2v) is 3.21. The first-order valence-electron chi connectivity index (χ1n) is 4.05. The van der Waals surface area contributed by atoms with Gasteiger partial charge in [-0.25, -0.2) is 0 Å². The Balaban J connectivity index is 2.64. The van der Waals surface area contributed by atoms with Crippen LogP contribution >= 0.6 is 11.6 Å². The first-order valence-corrected chi connectivity index (χ1v) is 4.43. The van der Waals surface area contributed by atoms with Crippen molar-refractivity contribution >= 4 is 22.5 Å². The van der Waals surface area contributed by atoms with Crippen LogP contribution in [0.5, 0.6) is 0 Å². The number of aromatic amines is 1. The normalized spacial score (nSPS) is 10.9. The van der Waals surface area contributed by atoms with Crippen molar-refractivity contribution in [2.45, 2.75) is 6.42 Å². The maximum Gasteiger partial charge on any atom is 0.0738 e. The number of hydrogen-bond acceptors (Lipinski definition) is 2. The van der Waals surface area contributed by atoms with Crippen LogP contribution in [-0.4, -0.2) is 21.9 Å². The third-order valence-electron chi connectivity index (χ3n) is 1.96. The van der Waals surface area contributed by atoms with Crippen LogP contribution < -0.4 is 0 Å². The summed E-state index contributed by atoms with van der Waals surface area (Å²) in [6, 6.07) is 5.60. The number of nitrogens with zero attached hydrogens (tertiary/aromatic N) is 1. The van der Waals surface area contributed by atoms with E-state index >= 15 is 0 Å². The third-order valence-corrected chi connectivity index (χ3v) is 2.28. The van der Waals surface area contributed by atoms with Crippen molar-refractivity contribution < 1.29 is 5.11 Å². The van der Waals surface area contributed by atoms with Gasteiger partial charge < -0.3 is 5.11 Å². The van der Waals surface area contributed by atoms with E-state index in [2.05, 4.69) is 10.2 Å². The fraction of sp³-hybridized carbons (Fsp3) is 0.222. The lowest BCUT2D eigenvalue weighted by molar-refractivity contribution is 0.298. The SMILES string of the molecule is OCCc1n[nH]c2cccc(Cl)c12. The standard InChI is InChI=1S/C9H9ClN2O/c10-6-2-1-3-7-9(6)8(4-5-13)12-11-7/h1-3,13H,4-5H2,(H,11,12). The molecule has 2 N–H and O–H groups in total. The van der Waals surface area contributed by atoms with Gasteiger partial charge in [0.15, 0.2) is 0 Å². The van der Waals surface area contributed by atoms with Gasteiger partial charge >= 0.3 is 0 Å². The van der Waals surface area contributed by atoms with E-state index in [9.17, 15) is 0 Å². The second kappa shape index (κ2) is 3.36. The summed E-state index contributed by atoms with van der Waals surface area (Å²) in [5, 5.41) is 17.3. The molecule has 0 radical (unpaired) electrons. The lowest BCUT2D eigenvalue weighted by atomic mass is 10.2. The molecule has 0 atom stereocenters. The van der Waals surface area contributed by atoms with E-state index in [1.54, 1.807) is 0 Å². The summed E-state index contributed by atoms with van der Waals surface area (Å²) in [5.74, 6) is 0. The lowest BCUT2D eigenvalue weighted by Gasteiger charge is -1.95. The Morgan fingerprint density at radius 2 is 2.31 bits per heavy atom. The summed E-state index contributed by atoms with van der Waals surface area (Å²) in [4.78, 5) is 0. The maximum absolute atomic E-state index is 8.79. The van der Waals surface area contributed by atoms with Crippen molar-refractivity contribution in [3.8, 4) is 0 Å². The van der Waals surface area contributed by atoms with E-state index in [-0.39, 0.29) is 6.61 Å². The molecule has 0 fully saturated rings. The molecule has 0 aliphatic heterocycles. The molecule has 1 aromatic heterocycles. The molecule has 0 saturated heterocycles. The third kappa shape index (κ3) is 1.41. The molecule has 1 heterocycles. The molecule has 0 unspecified atom stereocenters. The number of fused-ring (bicyclic) bond motifs is 1. The lowest BCUT2D eigenvalue weighted by Crippen LogP contribution is -1.91. The number of hydrogen-bond donors (Lipinski definition) is 2. The van der Waals surface area contributed by atoms with Crippen molar-refractivity contribution in [2.75, 3.05) is 6.61 Å². The van der Waals surface area contributed by atoms with Crippen LogP contribution in [-0.2, 0) is 6.42 Å². The molecule has 3 nitrogen and oxygen atoms in total. The number of aliphatic hydroxyl groups is 1. The maximum atomic E-state index is 8.79. The van der Waals surface area contributed by atoms with Crippen LogP contribution in [0.3, 0.4) is 0 Å². The van der Waals surface area contributed by atoms with E-state index in [0.29, 0.717) is 11.4 Å². The quantitative estimate of drug-likeness (QED) is 0.769. The Hall–Kier alpha value is -1.06. The van der Waals surface area contributed by atoms with E-state index in [4.69, 9.17) is 16.7 Å². The fourth-order valence-electron chi connectivity index (χ4n) is 1.38. The topological polar surface area (TPSA) is 48.9 Å². The molecule has 0 aliphatic rings. The Labute approximate surface area is 80.3 Å². The molecule has 2 aromatic rings. The minimum Gasteiger partial charge on any atom is -0.396 e. The highest BCUT2D eigenvalue weighted by molar-refractivity contribution is 6.35. The molecule has 0 spiro atoms. The van der Waals surface area contributed by atoms with Gasteiger partial charge in [-0.05, 0) is 12.1 Å². The van der Waals surface area contributed by atoms with Gasteiger partial charge in [0.05, 0.1) is 16.2 Å². The van der Waals surface area contributed by atoms with Crippen LogP contribution in [0, 0.1) is 0 Å². The Morgan fingerprint density at radius 3 is 3.08 bits per heavy atom. The highest BCUT2D eigenvalue weighted by atomic mass is 35.5. The molecule has 68 valence electrons. The minimum absolute atomic E-state index is 0.0885.